The number of hydrogen-bond acceptors (Lipinski definition) is 0. The van der Waals surface area contributed by atoms with Gasteiger partial charge in [-0.15, -0.1) is 0 Å². The Morgan fingerprint density at radius 2 is 2.33 bits per heavy atom. The first kappa shape index (κ1) is 7.33. The van der Waals surface area contributed by atoms with Crippen molar-refractivity contribution in [2.24, 2.45) is 5.92 Å². The zero-order chi connectivity index (χ0) is 6.91. The van der Waals surface area contributed by atoms with E-state index in [2.05, 4.69) is 6.92 Å². The van der Waals surface area contributed by atoms with Crippen LogP contribution in [0.2, 0.25) is 0 Å². The van der Waals surface area contributed by atoms with Crippen LogP contribution in [-0.2, 0) is 0 Å². The Morgan fingerprint density at radius 1 is 1.67 bits per heavy atom. The summed E-state index contributed by atoms with van der Waals surface area (Å²) in [5, 5.41) is -1.38. The molecule has 0 nitrogen and oxygen atoms in total. The van der Waals surface area contributed by atoms with E-state index in [0.717, 1.165) is 12.8 Å². The number of alkyl halides is 2. The number of rotatable bonds is 0. The summed E-state index contributed by atoms with van der Waals surface area (Å²) in [6.07, 6.45) is 3.16. The second kappa shape index (κ2) is 2.45. The lowest BCUT2D eigenvalue weighted by Gasteiger charge is -2.27. The van der Waals surface area contributed by atoms with Crippen LogP contribution in [0.25, 0.3) is 0 Å². The Hall–Kier alpha value is 0.220. The van der Waals surface area contributed by atoms with Gasteiger partial charge in [-0.2, -0.15) is 0 Å². The summed E-state index contributed by atoms with van der Waals surface area (Å²) in [5.74, 6) is 0.473. The van der Waals surface area contributed by atoms with E-state index in [-0.39, 0.29) is 0 Å². The quantitative estimate of drug-likeness (QED) is 0.466. The molecule has 1 rings (SSSR count). The van der Waals surface area contributed by atoms with Crippen molar-refractivity contribution in [3.8, 4) is 0 Å². The Bertz CT molecular complexity index is 101. The van der Waals surface area contributed by atoms with Crippen molar-refractivity contribution in [3.63, 3.8) is 0 Å². The third kappa shape index (κ3) is 2.13. The van der Waals surface area contributed by atoms with Crippen LogP contribution in [0.4, 0.5) is 4.39 Å². The van der Waals surface area contributed by atoms with Crippen LogP contribution >= 0.6 is 11.6 Å². The molecule has 0 aromatic heterocycles. The van der Waals surface area contributed by atoms with Crippen molar-refractivity contribution < 1.29 is 4.39 Å². The Kier molecular flexibility index (Phi) is 2.00. The van der Waals surface area contributed by atoms with E-state index in [9.17, 15) is 4.39 Å². The zero-order valence-electron chi connectivity index (χ0n) is 5.66. The fourth-order valence-corrected chi connectivity index (χ4v) is 1.82. The molecule has 9 heavy (non-hydrogen) atoms. The molecular weight excluding hydrogens is 139 g/mol. The minimum atomic E-state index is -1.38. The van der Waals surface area contributed by atoms with Gasteiger partial charge in [-0.25, -0.2) is 4.39 Å². The van der Waals surface area contributed by atoms with Gasteiger partial charge in [0.2, 0.25) is 0 Å². The van der Waals surface area contributed by atoms with Crippen molar-refractivity contribution in [2.75, 3.05) is 0 Å². The highest BCUT2D eigenvalue weighted by molar-refractivity contribution is 6.22. The minimum absolute atomic E-state index is 0.473. The normalized spacial score (nSPS) is 45.0. The molecule has 1 saturated carbocycles. The third-order valence-corrected chi connectivity index (χ3v) is 2.23. The predicted octanol–water partition coefficient (Wildman–Crippen LogP) is 3.10. The molecule has 0 amide bonds. The molecule has 1 aliphatic carbocycles. The van der Waals surface area contributed by atoms with Crippen molar-refractivity contribution in [1.82, 2.24) is 0 Å². The van der Waals surface area contributed by atoms with Gasteiger partial charge in [-0.05, 0) is 25.2 Å². The van der Waals surface area contributed by atoms with Crippen molar-refractivity contribution in [2.45, 2.75) is 37.7 Å². The van der Waals surface area contributed by atoms with Gasteiger partial charge in [0.1, 0.15) is 0 Å². The molecule has 2 heteroatoms. The molecule has 0 saturated heterocycles. The molecular formula is C7H12ClF. The van der Waals surface area contributed by atoms with E-state index in [1.807, 2.05) is 0 Å². The van der Waals surface area contributed by atoms with Crippen LogP contribution in [0.3, 0.4) is 0 Å². The molecule has 0 unspecified atom stereocenters. The highest BCUT2D eigenvalue weighted by Crippen LogP contribution is 2.37. The smallest absolute Gasteiger partial charge is 0.183 e. The van der Waals surface area contributed by atoms with Crippen molar-refractivity contribution >= 4 is 11.6 Å². The van der Waals surface area contributed by atoms with Crippen LogP contribution in [0.1, 0.15) is 32.6 Å². The molecule has 0 radical (unpaired) electrons. The maximum absolute atomic E-state index is 12.9. The average Bonchev–Trinajstić information content (AvgIpc) is 1.60. The molecule has 54 valence electrons. The van der Waals surface area contributed by atoms with E-state index in [0.29, 0.717) is 18.8 Å². The van der Waals surface area contributed by atoms with E-state index in [1.54, 1.807) is 0 Å². The Morgan fingerprint density at radius 3 is 2.67 bits per heavy atom. The van der Waals surface area contributed by atoms with Gasteiger partial charge in [-0.1, -0.05) is 24.9 Å². The van der Waals surface area contributed by atoms with E-state index in [1.165, 1.54) is 0 Å². The topological polar surface area (TPSA) is 0 Å². The summed E-state index contributed by atoms with van der Waals surface area (Å²) in [4.78, 5) is 0. The average molecular weight is 151 g/mol. The molecule has 0 heterocycles. The van der Waals surface area contributed by atoms with Gasteiger partial charge < -0.3 is 0 Å². The lowest BCUT2D eigenvalue weighted by Crippen LogP contribution is -2.23. The first-order chi connectivity index (χ1) is 4.10. The van der Waals surface area contributed by atoms with Gasteiger partial charge in [0, 0.05) is 0 Å². The molecule has 0 aromatic carbocycles. The highest BCUT2D eigenvalue weighted by Gasteiger charge is 2.31. The predicted molar refractivity (Wildman–Crippen MR) is 37.3 cm³/mol. The summed E-state index contributed by atoms with van der Waals surface area (Å²) in [5.41, 5.74) is 0. The summed E-state index contributed by atoms with van der Waals surface area (Å²) in [6.45, 7) is 2.05. The fourth-order valence-electron chi connectivity index (χ4n) is 1.42. The molecule has 0 aromatic rings. The van der Waals surface area contributed by atoms with Crippen LogP contribution in [-0.4, -0.2) is 5.13 Å². The van der Waals surface area contributed by atoms with E-state index in [4.69, 9.17) is 11.6 Å². The van der Waals surface area contributed by atoms with E-state index >= 15 is 0 Å². The largest absolute Gasteiger partial charge is 0.226 e. The maximum atomic E-state index is 12.9. The van der Waals surface area contributed by atoms with Gasteiger partial charge in [0.25, 0.3) is 0 Å². The van der Waals surface area contributed by atoms with Gasteiger partial charge in [0.15, 0.2) is 5.13 Å². The fraction of sp³-hybridized carbons (Fsp3) is 1.00. The van der Waals surface area contributed by atoms with Gasteiger partial charge in [-0.3, -0.25) is 0 Å². The lowest BCUT2D eigenvalue weighted by molar-refractivity contribution is 0.166. The maximum Gasteiger partial charge on any atom is 0.183 e. The molecule has 2 atom stereocenters. The van der Waals surface area contributed by atoms with Crippen molar-refractivity contribution in [3.05, 3.63) is 0 Å². The van der Waals surface area contributed by atoms with Crippen LogP contribution < -0.4 is 0 Å². The monoisotopic (exact) mass is 150 g/mol. The first-order valence-electron chi connectivity index (χ1n) is 3.48. The molecule has 1 aliphatic rings. The summed E-state index contributed by atoms with van der Waals surface area (Å²) < 4.78 is 12.9. The summed E-state index contributed by atoms with van der Waals surface area (Å²) in [6, 6.07) is 0. The van der Waals surface area contributed by atoms with Crippen LogP contribution in [0.5, 0.6) is 0 Å². The summed E-state index contributed by atoms with van der Waals surface area (Å²) >= 11 is 5.50. The first-order valence-corrected chi connectivity index (χ1v) is 3.86. The second-order valence-electron chi connectivity index (χ2n) is 3.06. The third-order valence-electron chi connectivity index (χ3n) is 1.89. The van der Waals surface area contributed by atoms with Gasteiger partial charge in [0.05, 0.1) is 0 Å². The summed E-state index contributed by atoms with van der Waals surface area (Å²) in [7, 11) is 0. The standard InChI is InChI=1S/C7H12ClF/c1-6-3-2-4-7(8,9)5-6/h6H,2-5H2,1H3/t6-,7+/m0/s1. The number of hydrogen-bond donors (Lipinski definition) is 0. The molecule has 0 aliphatic heterocycles. The minimum Gasteiger partial charge on any atom is -0.226 e. The number of halogens is 2. The SMILES string of the molecule is C[C@H]1CCC[C@](F)(Cl)C1. The van der Waals surface area contributed by atoms with Crippen molar-refractivity contribution in [1.29, 1.82) is 0 Å². The second-order valence-corrected chi connectivity index (χ2v) is 3.73. The van der Waals surface area contributed by atoms with E-state index < -0.39 is 5.13 Å². The molecule has 1 fully saturated rings. The molecule has 0 spiro atoms. The van der Waals surface area contributed by atoms with Crippen LogP contribution in [0.15, 0.2) is 0 Å². The Balaban J connectivity index is 2.41. The van der Waals surface area contributed by atoms with Gasteiger partial charge >= 0.3 is 0 Å². The Labute approximate surface area is 60.4 Å². The molecule has 0 bridgehead atoms. The highest BCUT2D eigenvalue weighted by atomic mass is 35.5. The zero-order valence-corrected chi connectivity index (χ0v) is 6.42. The molecule has 0 N–H and O–H groups in total. The lowest BCUT2D eigenvalue weighted by atomic mass is 9.89. The van der Waals surface area contributed by atoms with Crippen LogP contribution in [0, 0.1) is 5.92 Å².